The van der Waals surface area contributed by atoms with E-state index < -0.39 is 5.60 Å². The van der Waals surface area contributed by atoms with E-state index in [1.165, 1.54) is 0 Å². The molecule has 3 rings (SSSR count). The van der Waals surface area contributed by atoms with Gasteiger partial charge in [-0.3, -0.25) is 4.79 Å². The maximum atomic E-state index is 12.0. The Labute approximate surface area is 138 Å². The van der Waals surface area contributed by atoms with E-state index in [1.807, 2.05) is 35.0 Å². The summed E-state index contributed by atoms with van der Waals surface area (Å²) in [6.07, 6.45) is 3.12. The molecule has 1 aromatic carbocycles. The highest BCUT2D eigenvalue weighted by Crippen LogP contribution is 2.27. The lowest BCUT2D eigenvalue weighted by Gasteiger charge is -2.21. The third-order valence-electron chi connectivity index (χ3n) is 4.01. The summed E-state index contributed by atoms with van der Waals surface area (Å²) in [5.74, 6) is 1.64. The van der Waals surface area contributed by atoms with Crippen LogP contribution in [-0.2, 0) is 11.3 Å². The molecule has 118 valence electrons. The van der Waals surface area contributed by atoms with E-state index >= 15 is 0 Å². The van der Waals surface area contributed by atoms with Gasteiger partial charge in [-0.15, -0.1) is 0 Å². The van der Waals surface area contributed by atoms with Gasteiger partial charge in [0, 0.05) is 47.4 Å². The third kappa shape index (κ3) is 3.59. The van der Waals surface area contributed by atoms with Gasteiger partial charge in [0.25, 0.3) is 0 Å². The predicted octanol–water partition coefficient (Wildman–Crippen LogP) is 2.67. The number of hydrogen-bond donors (Lipinski definition) is 2. The molecule has 0 saturated carbocycles. The zero-order valence-electron chi connectivity index (χ0n) is 12.2. The maximum Gasteiger partial charge on any atom is 0.221 e. The van der Waals surface area contributed by atoms with Gasteiger partial charge in [-0.2, -0.15) is 11.8 Å². The highest BCUT2D eigenvalue weighted by atomic mass is 35.5. The lowest BCUT2D eigenvalue weighted by molar-refractivity contribution is -0.122. The molecule has 1 fully saturated rings. The van der Waals surface area contributed by atoms with Crippen LogP contribution in [0.3, 0.4) is 0 Å². The molecule has 0 bridgehead atoms. The first-order valence-corrected chi connectivity index (χ1v) is 8.90. The van der Waals surface area contributed by atoms with Gasteiger partial charge in [0.15, 0.2) is 0 Å². The molecule has 1 atom stereocenters. The van der Waals surface area contributed by atoms with Crippen LogP contribution in [-0.4, -0.2) is 39.2 Å². The van der Waals surface area contributed by atoms with Crippen molar-refractivity contribution >= 4 is 40.2 Å². The smallest absolute Gasteiger partial charge is 0.221 e. The van der Waals surface area contributed by atoms with E-state index in [0.29, 0.717) is 30.3 Å². The van der Waals surface area contributed by atoms with Gasteiger partial charge >= 0.3 is 0 Å². The minimum atomic E-state index is -0.725. The Morgan fingerprint density at radius 3 is 3.09 bits per heavy atom. The third-order valence-corrected chi connectivity index (χ3v) is 5.48. The molecule has 0 aliphatic carbocycles. The van der Waals surface area contributed by atoms with Crippen LogP contribution in [0.25, 0.3) is 10.9 Å². The summed E-state index contributed by atoms with van der Waals surface area (Å²) in [6.45, 7) is 0.963. The van der Waals surface area contributed by atoms with Gasteiger partial charge in [0.2, 0.25) is 5.91 Å². The monoisotopic (exact) mass is 338 g/mol. The molecule has 2 heterocycles. The molecule has 1 unspecified atom stereocenters. The molecule has 4 nitrogen and oxygen atoms in total. The molecule has 6 heteroatoms. The van der Waals surface area contributed by atoms with Gasteiger partial charge in [-0.1, -0.05) is 11.6 Å². The van der Waals surface area contributed by atoms with E-state index in [9.17, 15) is 9.90 Å². The van der Waals surface area contributed by atoms with Crippen molar-refractivity contribution in [3.63, 3.8) is 0 Å². The molecule has 1 aliphatic rings. The number of fused-ring (bicyclic) bond motifs is 1. The molecule has 2 aromatic rings. The summed E-state index contributed by atoms with van der Waals surface area (Å²) < 4.78 is 2.05. The van der Waals surface area contributed by atoms with Crippen LogP contribution in [0.5, 0.6) is 0 Å². The summed E-state index contributed by atoms with van der Waals surface area (Å²) in [7, 11) is 0. The molecular formula is C16H19ClN2O2S. The van der Waals surface area contributed by atoms with Gasteiger partial charge in [-0.05, 0) is 36.4 Å². The van der Waals surface area contributed by atoms with Gasteiger partial charge in [0.05, 0.1) is 5.60 Å². The van der Waals surface area contributed by atoms with Crippen LogP contribution in [0.4, 0.5) is 0 Å². The molecule has 1 amide bonds. The fourth-order valence-electron chi connectivity index (χ4n) is 2.68. The fraction of sp³-hybridized carbons (Fsp3) is 0.438. The van der Waals surface area contributed by atoms with Crippen LogP contribution >= 0.6 is 23.4 Å². The Morgan fingerprint density at radius 1 is 1.45 bits per heavy atom. The Balaban J connectivity index is 1.54. The number of carbonyl (C=O) groups excluding carboxylic acids is 1. The summed E-state index contributed by atoms with van der Waals surface area (Å²) in [6, 6.07) is 7.74. The quantitative estimate of drug-likeness (QED) is 0.881. The average molecular weight is 339 g/mol. The number of carbonyl (C=O) groups is 1. The largest absolute Gasteiger partial charge is 0.387 e. The SMILES string of the molecule is O=C(CCn1ccc2cc(Cl)ccc21)NCC1(O)CCSC1. The summed E-state index contributed by atoms with van der Waals surface area (Å²) >= 11 is 7.70. The number of thioether (sulfide) groups is 1. The summed E-state index contributed by atoms with van der Waals surface area (Å²) in [4.78, 5) is 12.0. The van der Waals surface area contributed by atoms with Gasteiger partial charge < -0.3 is 15.0 Å². The van der Waals surface area contributed by atoms with Crippen molar-refractivity contribution in [3.05, 3.63) is 35.5 Å². The highest BCUT2D eigenvalue weighted by Gasteiger charge is 2.31. The second-order valence-corrected chi connectivity index (χ2v) is 7.31. The first kappa shape index (κ1) is 15.7. The zero-order chi connectivity index (χ0) is 15.6. The number of nitrogens with zero attached hydrogens (tertiary/aromatic N) is 1. The zero-order valence-corrected chi connectivity index (χ0v) is 13.8. The van der Waals surface area contributed by atoms with Crippen molar-refractivity contribution in [2.75, 3.05) is 18.1 Å². The number of aliphatic hydroxyl groups is 1. The van der Waals surface area contributed by atoms with E-state index in [1.54, 1.807) is 11.8 Å². The first-order valence-electron chi connectivity index (χ1n) is 7.37. The minimum Gasteiger partial charge on any atom is -0.387 e. The van der Waals surface area contributed by atoms with Crippen molar-refractivity contribution < 1.29 is 9.90 Å². The molecular weight excluding hydrogens is 320 g/mol. The molecule has 2 N–H and O–H groups in total. The van der Waals surface area contributed by atoms with Gasteiger partial charge in [-0.25, -0.2) is 0 Å². The van der Waals surface area contributed by atoms with Gasteiger partial charge in [0.1, 0.15) is 0 Å². The van der Waals surface area contributed by atoms with Crippen molar-refractivity contribution in [1.29, 1.82) is 0 Å². The number of nitrogens with one attached hydrogen (secondary N) is 1. The van der Waals surface area contributed by atoms with E-state index in [4.69, 9.17) is 11.6 Å². The standard InChI is InChI=1S/C16H19ClN2O2S/c17-13-1-2-14-12(9-13)3-6-19(14)7-4-15(20)18-10-16(21)5-8-22-11-16/h1-3,6,9,21H,4-5,7-8,10-11H2,(H,18,20). The number of amides is 1. The second-order valence-electron chi connectivity index (χ2n) is 5.77. The molecule has 0 spiro atoms. The van der Waals surface area contributed by atoms with E-state index in [-0.39, 0.29) is 5.91 Å². The highest BCUT2D eigenvalue weighted by molar-refractivity contribution is 7.99. The molecule has 1 aliphatic heterocycles. The number of rotatable bonds is 5. The van der Waals surface area contributed by atoms with Crippen molar-refractivity contribution in [3.8, 4) is 0 Å². The molecule has 22 heavy (non-hydrogen) atoms. The normalized spacial score (nSPS) is 21.4. The minimum absolute atomic E-state index is 0.0267. The van der Waals surface area contributed by atoms with Crippen molar-refractivity contribution in [1.82, 2.24) is 9.88 Å². The first-order chi connectivity index (χ1) is 10.6. The Kier molecular flexibility index (Phi) is 4.66. The van der Waals surface area contributed by atoms with Crippen molar-refractivity contribution in [2.45, 2.75) is 25.0 Å². The molecule has 1 aromatic heterocycles. The number of hydrogen-bond acceptors (Lipinski definition) is 3. The molecule has 1 saturated heterocycles. The van der Waals surface area contributed by atoms with E-state index in [0.717, 1.165) is 23.1 Å². The number of aromatic nitrogens is 1. The number of benzene rings is 1. The Hall–Kier alpha value is -1.17. The lowest BCUT2D eigenvalue weighted by atomic mass is 10.0. The number of aryl methyl sites for hydroxylation is 1. The summed E-state index contributed by atoms with van der Waals surface area (Å²) in [5.41, 5.74) is 0.347. The van der Waals surface area contributed by atoms with Crippen LogP contribution < -0.4 is 5.32 Å². The maximum absolute atomic E-state index is 12.0. The van der Waals surface area contributed by atoms with E-state index in [2.05, 4.69) is 5.32 Å². The van der Waals surface area contributed by atoms with Crippen LogP contribution in [0.15, 0.2) is 30.5 Å². The average Bonchev–Trinajstić information content (AvgIpc) is 3.10. The molecule has 0 radical (unpaired) electrons. The fourth-order valence-corrected chi connectivity index (χ4v) is 4.15. The predicted molar refractivity (Wildman–Crippen MR) is 91.5 cm³/mol. The Bertz CT molecular complexity index is 680. The topological polar surface area (TPSA) is 54.3 Å². The number of halogens is 1. The van der Waals surface area contributed by atoms with Crippen LogP contribution in [0.2, 0.25) is 5.02 Å². The van der Waals surface area contributed by atoms with Crippen LogP contribution in [0, 0.1) is 0 Å². The Morgan fingerprint density at radius 2 is 2.32 bits per heavy atom. The van der Waals surface area contributed by atoms with Crippen molar-refractivity contribution in [2.24, 2.45) is 0 Å². The lowest BCUT2D eigenvalue weighted by Crippen LogP contribution is -2.43. The van der Waals surface area contributed by atoms with Crippen LogP contribution in [0.1, 0.15) is 12.8 Å². The second kappa shape index (κ2) is 6.52. The summed E-state index contributed by atoms with van der Waals surface area (Å²) in [5, 5.41) is 14.8.